The van der Waals surface area contributed by atoms with Crippen LogP contribution >= 0.6 is 0 Å². The average molecular weight is 217 g/mol. The van der Waals surface area contributed by atoms with E-state index in [4.69, 9.17) is 0 Å². The van der Waals surface area contributed by atoms with Crippen molar-refractivity contribution in [1.29, 1.82) is 0 Å². The Kier molecular flexibility index (Phi) is 2.99. The Morgan fingerprint density at radius 1 is 1.56 bits per heavy atom. The van der Waals surface area contributed by atoms with Crippen molar-refractivity contribution in [2.75, 3.05) is 0 Å². The van der Waals surface area contributed by atoms with E-state index in [2.05, 4.69) is 19.1 Å². The molecule has 1 aromatic rings. The highest BCUT2D eigenvalue weighted by atomic mass is 16.1. The summed E-state index contributed by atoms with van der Waals surface area (Å²) < 4.78 is 1.93. The van der Waals surface area contributed by atoms with Crippen LogP contribution in [0.25, 0.3) is 5.57 Å². The first-order valence-corrected chi connectivity index (χ1v) is 6.08. The van der Waals surface area contributed by atoms with Gasteiger partial charge < -0.3 is 4.57 Å². The van der Waals surface area contributed by atoms with E-state index < -0.39 is 0 Å². The third kappa shape index (κ3) is 1.62. The van der Waals surface area contributed by atoms with Gasteiger partial charge in [-0.25, -0.2) is 0 Å². The first-order valence-electron chi connectivity index (χ1n) is 6.08. The van der Waals surface area contributed by atoms with Crippen molar-refractivity contribution in [3.8, 4) is 0 Å². The molecule has 2 heteroatoms. The van der Waals surface area contributed by atoms with Crippen LogP contribution in [0.4, 0.5) is 0 Å². The number of hydrogen-bond acceptors (Lipinski definition) is 1. The summed E-state index contributed by atoms with van der Waals surface area (Å²) in [7, 11) is 0. The van der Waals surface area contributed by atoms with E-state index in [1.54, 1.807) is 0 Å². The number of rotatable bonds is 2. The standard InChI is InChI=1S/C14H19NO/c1-4-11(5-2)13-9-12-7-6-8-15(12)14(16)10(13)3/h4,9H,5-8H2,1-3H3/b11-4+. The number of allylic oxidation sites excluding steroid dienone is 2. The third-order valence-corrected chi connectivity index (χ3v) is 3.52. The van der Waals surface area contributed by atoms with E-state index in [1.165, 1.54) is 11.3 Å². The van der Waals surface area contributed by atoms with Crippen molar-refractivity contribution in [2.24, 2.45) is 0 Å². The lowest BCUT2D eigenvalue weighted by atomic mass is 9.98. The second-order valence-electron chi connectivity index (χ2n) is 4.40. The Balaban J connectivity index is 2.65. The number of hydrogen-bond donors (Lipinski definition) is 0. The van der Waals surface area contributed by atoms with Crippen LogP contribution in [0.2, 0.25) is 0 Å². The maximum absolute atomic E-state index is 12.2. The zero-order valence-corrected chi connectivity index (χ0v) is 10.3. The Bertz CT molecular complexity index is 494. The van der Waals surface area contributed by atoms with E-state index in [0.29, 0.717) is 0 Å². The van der Waals surface area contributed by atoms with Crippen LogP contribution in [0.1, 0.15) is 43.5 Å². The summed E-state index contributed by atoms with van der Waals surface area (Å²) in [6, 6.07) is 2.21. The van der Waals surface area contributed by atoms with Crippen LogP contribution in [0.5, 0.6) is 0 Å². The van der Waals surface area contributed by atoms with Gasteiger partial charge in [0.05, 0.1) is 0 Å². The molecule has 0 saturated heterocycles. The van der Waals surface area contributed by atoms with E-state index >= 15 is 0 Å². The molecular weight excluding hydrogens is 198 g/mol. The van der Waals surface area contributed by atoms with Crippen LogP contribution in [0.3, 0.4) is 0 Å². The number of aromatic nitrogens is 1. The molecule has 0 amide bonds. The van der Waals surface area contributed by atoms with E-state index in [9.17, 15) is 4.79 Å². The molecule has 2 heterocycles. The SMILES string of the molecule is C/C=C(\CC)c1cc2n(c(=O)c1C)CCC2. The molecule has 0 saturated carbocycles. The zero-order chi connectivity index (χ0) is 11.7. The van der Waals surface area contributed by atoms with E-state index in [0.717, 1.165) is 36.9 Å². The second kappa shape index (κ2) is 4.28. The summed E-state index contributed by atoms with van der Waals surface area (Å²) in [5.74, 6) is 0. The van der Waals surface area contributed by atoms with Gasteiger partial charge in [-0.2, -0.15) is 0 Å². The largest absolute Gasteiger partial charge is 0.312 e. The molecular formula is C14H19NO. The fourth-order valence-electron chi connectivity index (χ4n) is 2.56. The van der Waals surface area contributed by atoms with E-state index in [1.807, 2.05) is 18.4 Å². The lowest BCUT2D eigenvalue weighted by molar-refractivity contribution is 0.715. The summed E-state index contributed by atoms with van der Waals surface area (Å²) in [5.41, 5.74) is 4.75. The predicted octanol–water partition coefficient (Wildman–Crippen LogP) is 2.92. The first kappa shape index (κ1) is 11.2. The Labute approximate surface area is 96.6 Å². The van der Waals surface area contributed by atoms with Gasteiger partial charge in [-0.1, -0.05) is 13.0 Å². The quantitative estimate of drug-likeness (QED) is 0.746. The fourth-order valence-corrected chi connectivity index (χ4v) is 2.56. The Morgan fingerprint density at radius 2 is 2.31 bits per heavy atom. The Morgan fingerprint density at radius 3 is 2.94 bits per heavy atom. The van der Waals surface area contributed by atoms with E-state index in [-0.39, 0.29) is 5.56 Å². The highest BCUT2D eigenvalue weighted by molar-refractivity contribution is 5.67. The molecule has 1 aliphatic heterocycles. The van der Waals surface area contributed by atoms with Gasteiger partial charge in [0.2, 0.25) is 0 Å². The van der Waals surface area contributed by atoms with Crippen molar-refractivity contribution < 1.29 is 0 Å². The fraction of sp³-hybridized carbons (Fsp3) is 0.500. The van der Waals surface area contributed by atoms with Gasteiger partial charge in [0.25, 0.3) is 5.56 Å². The zero-order valence-electron chi connectivity index (χ0n) is 10.3. The van der Waals surface area contributed by atoms with Gasteiger partial charge in [-0.15, -0.1) is 0 Å². The topological polar surface area (TPSA) is 22.0 Å². The lowest BCUT2D eigenvalue weighted by Crippen LogP contribution is -2.23. The molecule has 0 aromatic carbocycles. The minimum Gasteiger partial charge on any atom is -0.312 e. The molecule has 0 atom stereocenters. The van der Waals surface area contributed by atoms with Crippen LogP contribution in [0, 0.1) is 6.92 Å². The molecule has 0 spiro atoms. The molecule has 16 heavy (non-hydrogen) atoms. The Hall–Kier alpha value is -1.31. The van der Waals surface area contributed by atoms with Crippen LogP contribution in [-0.2, 0) is 13.0 Å². The molecule has 2 nitrogen and oxygen atoms in total. The van der Waals surface area contributed by atoms with Gasteiger partial charge in [0, 0.05) is 17.8 Å². The molecule has 2 rings (SSSR count). The molecule has 0 unspecified atom stereocenters. The molecule has 86 valence electrons. The van der Waals surface area contributed by atoms with Crippen molar-refractivity contribution in [2.45, 2.75) is 46.6 Å². The first-order chi connectivity index (χ1) is 7.69. The molecule has 1 aliphatic rings. The normalized spacial score (nSPS) is 15.3. The summed E-state index contributed by atoms with van der Waals surface area (Å²) in [5, 5.41) is 0. The summed E-state index contributed by atoms with van der Waals surface area (Å²) >= 11 is 0. The monoisotopic (exact) mass is 217 g/mol. The summed E-state index contributed by atoms with van der Waals surface area (Å²) in [6.45, 7) is 7.03. The van der Waals surface area contributed by atoms with Gasteiger partial charge in [0.1, 0.15) is 0 Å². The average Bonchev–Trinajstić information content (AvgIpc) is 2.75. The van der Waals surface area contributed by atoms with Crippen LogP contribution in [-0.4, -0.2) is 4.57 Å². The molecule has 1 aromatic heterocycles. The summed E-state index contributed by atoms with van der Waals surface area (Å²) in [4.78, 5) is 12.2. The highest BCUT2D eigenvalue weighted by Gasteiger charge is 2.16. The van der Waals surface area contributed by atoms with Crippen molar-refractivity contribution in [1.82, 2.24) is 4.57 Å². The van der Waals surface area contributed by atoms with Gasteiger partial charge in [-0.3, -0.25) is 4.79 Å². The minimum atomic E-state index is 0.206. The highest BCUT2D eigenvalue weighted by Crippen LogP contribution is 2.23. The lowest BCUT2D eigenvalue weighted by Gasteiger charge is -2.12. The van der Waals surface area contributed by atoms with Gasteiger partial charge in [-0.05, 0) is 50.3 Å². The predicted molar refractivity (Wildman–Crippen MR) is 67.7 cm³/mol. The third-order valence-electron chi connectivity index (χ3n) is 3.52. The summed E-state index contributed by atoms with van der Waals surface area (Å²) in [6.07, 6.45) is 5.26. The molecule has 0 radical (unpaired) electrons. The van der Waals surface area contributed by atoms with Crippen LogP contribution < -0.4 is 5.56 Å². The maximum Gasteiger partial charge on any atom is 0.254 e. The molecule has 0 aliphatic carbocycles. The van der Waals surface area contributed by atoms with Crippen LogP contribution in [0.15, 0.2) is 16.9 Å². The minimum absolute atomic E-state index is 0.206. The molecule has 0 fully saturated rings. The number of fused-ring (bicyclic) bond motifs is 1. The maximum atomic E-state index is 12.2. The van der Waals surface area contributed by atoms with Gasteiger partial charge >= 0.3 is 0 Å². The van der Waals surface area contributed by atoms with Crippen molar-refractivity contribution >= 4 is 5.57 Å². The van der Waals surface area contributed by atoms with Gasteiger partial charge in [0.15, 0.2) is 0 Å². The van der Waals surface area contributed by atoms with Crippen molar-refractivity contribution in [3.05, 3.63) is 39.3 Å². The number of aryl methyl sites for hydroxylation is 1. The van der Waals surface area contributed by atoms with Crippen molar-refractivity contribution in [3.63, 3.8) is 0 Å². The molecule has 0 N–H and O–H groups in total. The second-order valence-corrected chi connectivity index (χ2v) is 4.40. The number of pyridine rings is 1. The number of nitrogens with zero attached hydrogens (tertiary/aromatic N) is 1. The molecule has 0 bridgehead atoms. The smallest absolute Gasteiger partial charge is 0.254 e.